The van der Waals surface area contributed by atoms with Gasteiger partial charge in [-0.3, -0.25) is 4.90 Å². The van der Waals surface area contributed by atoms with Crippen LogP contribution in [0.4, 0.5) is 5.82 Å². The first-order valence-electron chi connectivity index (χ1n) is 8.48. The first-order valence-corrected chi connectivity index (χ1v) is 8.48. The van der Waals surface area contributed by atoms with Crippen LogP contribution >= 0.6 is 0 Å². The first-order chi connectivity index (χ1) is 11.2. The third-order valence-corrected chi connectivity index (χ3v) is 4.31. The fourth-order valence-corrected chi connectivity index (χ4v) is 3.19. The maximum Gasteiger partial charge on any atom is 0.147 e. The van der Waals surface area contributed by atoms with Crippen LogP contribution in [0.15, 0.2) is 17.7 Å². The minimum absolute atomic E-state index is 0.293. The van der Waals surface area contributed by atoms with E-state index in [2.05, 4.69) is 33.6 Å². The van der Waals surface area contributed by atoms with Crippen molar-refractivity contribution in [1.82, 2.24) is 20.2 Å². The molecule has 1 atom stereocenters. The number of nitrogens with zero attached hydrogens (tertiary/aromatic N) is 3. The number of hydrogen-bond acceptors (Lipinski definition) is 6. The predicted octanol–water partition coefficient (Wildman–Crippen LogP) is 1.72. The third kappa shape index (κ3) is 4.50. The molecule has 3 rings (SSSR count). The van der Waals surface area contributed by atoms with E-state index in [9.17, 15) is 0 Å². The average Bonchev–Trinajstić information content (AvgIpc) is 3.10. The van der Waals surface area contributed by atoms with Gasteiger partial charge in [-0.05, 0) is 38.4 Å². The lowest BCUT2D eigenvalue weighted by Crippen LogP contribution is -2.25. The molecule has 0 aliphatic carbocycles. The van der Waals surface area contributed by atoms with Crippen molar-refractivity contribution in [3.05, 3.63) is 29.2 Å². The molecule has 1 fully saturated rings. The molecule has 1 saturated heterocycles. The van der Waals surface area contributed by atoms with Gasteiger partial charge in [-0.25, -0.2) is 9.97 Å². The van der Waals surface area contributed by atoms with Crippen molar-refractivity contribution < 1.29 is 4.74 Å². The Hall–Kier alpha value is -1.50. The maximum atomic E-state index is 5.52. The Morgan fingerprint density at radius 2 is 2.30 bits per heavy atom. The van der Waals surface area contributed by atoms with Crippen molar-refractivity contribution in [2.24, 2.45) is 0 Å². The molecule has 23 heavy (non-hydrogen) atoms. The van der Waals surface area contributed by atoms with E-state index in [0.717, 1.165) is 63.0 Å². The van der Waals surface area contributed by atoms with Gasteiger partial charge in [-0.15, -0.1) is 0 Å². The summed E-state index contributed by atoms with van der Waals surface area (Å²) in [7, 11) is 4.04. The Kier molecular flexibility index (Phi) is 5.59. The molecule has 2 N–H and O–H groups in total. The van der Waals surface area contributed by atoms with Crippen LogP contribution in [0.1, 0.15) is 36.8 Å². The van der Waals surface area contributed by atoms with Crippen molar-refractivity contribution in [3.63, 3.8) is 0 Å². The van der Waals surface area contributed by atoms with Crippen molar-refractivity contribution in [2.75, 3.05) is 45.7 Å². The largest absolute Gasteiger partial charge is 0.377 e. The van der Waals surface area contributed by atoms with Gasteiger partial charge in [0.25, 0.3) is 0 Å². The summed E-state index contributed by atoms with van der Waals surface area (Å²) < 4.78 is 5.52. The van der Waals surface area contributed by atoms with Crippen LogP contribution < -0.4 is 10.6 Å². The van der Waals surface area contributed by atoms with E-state index in [1.54, 1.807) is 0 Å². The van der Waals surface area contributed by atoms with E-state index < -0.39 is 0 Å². The Balaban J connectivity index is 1.68. The van der Waals surface area contributed by atoms with E-state index in [1.165, 1.54) is 12.0 Å². The second-order valence-corrected chi connectivity index (χ2v) is 6.38. The second kappa shape index (κ2) is 7.86. The lowest BCUT2D eigenvalue weighted by atomic mass is 10.2. The number of hydrogen-bond donors (Lipinski definition) is 2. The summed E-state index contributed by atoms with van der Waals surface area (Å²) in [6, 6.07) is 2.34. The monoisotopic (exact) mass is 317 g/mol. The molecule has 0 spiro atoms. The topological polar surface area (TPSA) is 62.3 Å². The van der Waals surface area contributed by atoms with E-state index in [1.807, 2.05) is 13.1 Å². The number of rotatable bonds is 6. The zero-order valence-electron chi connectivity index (χ0n) is 14.1. The molecule has 1 aromatic rings. The molecule has 2 aliphatic heterocycles. The van der Waals surface area contributed by atoms with Crippen molar-refractivity contribution in [3.8, 4) is 0 Å². The molecule has 0 unspecified atom stereocenters. The highest BCUT2D eigenvalue weighted by molar-refractivity contribution is 5.35. The minimum Gasteiger partial charge on any atom is -0.377 e. The van der Waals surface area contributed by atoms with Crippen LogP contribution in [0.25, 0.3) is 0 Å². The molecule has 3 heterocycles. The summed E-state index contributed by atoms with van der Waals surface area (Å²) in [6.07, 6.45) is 5.64. The molecule has 126 valence electrons. The van der Waals surface area contributed by atoms with Gasteiger partial charge in [0.05, 0.1) is 24.9 Å². The van der Waals surface area contributed by atoms with Crippen molar-refractivity contribution in [2.45, 2.75) is 31.8 Å². The van der Waals surface area contributed by atoms with Crippen LogP contribution in [0.5, 0.6) is 0 Å². The Morgan fingerprint density at radius 1 is 1.39 bits per heavy atom. The normalized spacial score (nSPS) is 21.5. The van der Waals surface area contributed by atoms with E-state index in [0.29, 0.717) is 6.04 Å². The molecule has 0 aromatic carbocycles. The maximum absolute atomic E-state index is 5.52. The SMILES string of the molecule is CNc1cc(CN(C)CC2=CCCOC2)nc([C@@H]2CCCN2)n1. The molecule has 6 heteroatoms. The molecular formula is C17H27N5O. The standard InChI is InChI=1S/C17H27N5O/c1-18-16-9-14(20-17(21-16)15-6-3-7-19-15)11-22(2)10-13-5-4-8-23-12-13/h5,9,15,19H,3-4,6-8,10-12H2,1-2H3,(H,18,20,21)/t15-/m0/s1. The van der Waals surface area contributed by atoms with Gasteiger partial charge in [-0.2, -0.15) is 0 Å². The molecule has 0 bridgehead atoms. The van der Waals surface area contributed by atoms with E-state index in [-0.39, 0.29) is 0 Å². The van der Waals surface area contributed by atoms with Gasteiger partial charge in [0, 0.05) is 26.2 Å². The number of aromatic nitrogens is 2. The van der Waals surface area contributed by atoms with Crippen LogP contribution in [0.3, 0.4) is 0 Å². The summed E-state index contributed by atoms with van der Waals surface area (Å²) in [4.78, 5) is 11.7. The van der Waals surface area contributed by atoms with Crippen molar-refractivity contribution >= 4 is 5.82 Å². The van der Waals surface area contributed by atoms with Gasteiger partial charge in [-0.1, -0.05) is 6.08 Å². The fourth-order valence-electron chi connectivity index (χ4n) is 3.19. The molecule has 6 nitrogen and oxygen atoms in total. The molecular weight excluding hydrogens is 290 g/mol. The summed E-state index contributed by atoms with van der Waals surface area (Å²) >= 11 is 0. The second-order valence-electron chi connectivity index (χ2n) is 6.38. The molecule has 2 aliphatic rings. The van der Waals surface area contributed by atoms with Crippen LogP contribution in [0, 0.1) is 0 Å². The van der Waals surface area contributed by atoms with Gasteiger partial charge in [0.15, 0.2) is 0 Å². The average molecular weight is 317 g/mol. The number of ether oxygens (including phenoxy) is 1. The highest BCUT2D eigenvalue weighted by Gasteiger charge is 2.20. The summed E-state index contributed by atoms with van der Waals surface area (Å²) in [5.41, 5.74) is 2.42. The minimum atomic E-state index is 0.293. The lowest BCUT2D eigenvalue weighted by molar-refractivity contribution is 0.143. The van der Waals surface area contributed by atoms with E-state index >= 15 is 0 Å². The van der Waals surface area contributed by atoms with Gasteiger partial charge in [0.1, 0.15) is 11.6 Å². The summed E-state index contributed by atoms with van der Waals surface area (Å²) in [6.45, 7) is 4.40. The van der Waals surface area contributed by atoms with Crippen LogP contribution in [-0.4, -0.2) is 55.3 Å². The highest BCUT2D eigenvalue weighted by atomic mass is 16.5. The van der Waals surface area contributed by atoms with Crippen LogP contribution in [-0.2, 0) is 11.3 Å². The molecule has 0 radical (unpaired) electrons. The summed E-state index contributed by atoms with van der Waals surface area (Å²) in [5.74, 6) is 1.81. The number of nitrogens with one attached hydrogen (secondary N) is 2. The third-order valence-electron chi connectivity index (χ3n) is 4.31. The lowest BCUT2D eigenvalue weighted by Gasteiger charge is -2.21. The summed E-state index contributed by atoms with van der Waals surface area (Å²) in [5, 5.41) is 6.64. The highest BCUT2D eigenvalue weighted by Crippen LogP contribution is 2.22. The van der Waals surface area contributed by atoms with Crippen molar-refractivity contribution in [1.29, 1.82) is 0 Å². The molecule has 1 aromatic heterocycles. The quantitative estimate of drug-likeness (QED) is 0.779. The van der Waals surface area contributed by atoms with E-state index in [4.69, 9.17) is 9.72 Å². The molecule has 0 amide bonds. The predicted molar refractivity (Wildman–Crippen MR) is 91.4 cm³/mol. The Morgan fingerprint density at radius 3 is 3.00 bits per heavy atom. The van der Waals surface area contributed by atoms with Crippen LogP contribution in [0.2, 0.25) is 0 Å². The number of anilines is 1. The Bertz CT molecular complexity index is 554. The number of likely N-dealkylation sites (N-methyl/N-ethyl adjacent to an activating group) is 1. The Labute approximate surface area is 138 Å². The van der Waals surface area contributed by atoms with Gasteiger partial charge >= 0.3 is 0 Å². The van der Waals surface area contributed by atoms with Gasteiger partial charge in [0.2, 0.25) is 0 Å². The fraction of sp³-hybridized carbons (Fsp3) is 0.647. The first kappa shape index (κ1) is 16.4. The smallest absolute Gasteiger partial charge is 0.147 e. The zero-order valence-corrected chi connectivity index (χ0v) is 14.1. The molecule has 0 saturated carbocycles. The zero-order chi connectivity index (χ0) is 16.1. The van der Waals surface area contributed by atoms with Gasteiger partial charge < -0.3 is 15.4 Å².